The van der Waals surface area contributed by atoms with Crippen LogP contribution in [0.15, 0.2) is 72.9 Å². The molecule has 32 heavy (non-hydrogen) atoms. The average molecular weight is 447 g/mol. The van der Waals surface area contributed by atoms with E-state index in [4.69, 9.17) is 16.7 Å². The third-order valence-electron chi connectivity index (χ3n) is 5.26. The third kappa shape index (κ3) is 4.48. The molecule has 2 N–H and O–H groups in total. The Balaban J connectivity index is 1.93. The van der Waals surface area contributed by atoms with Crippen LogP contribution in [-0.2, 0) is 4.79 Å². The van der Waals surface area contributed by atoms with E-state index in [0.29, 0.717) is 11.4 Å². The molecular formula is C26H20ClFN2O2. The summed E-state index contributed by atoms with van der Waals surface area (Å²) in [4.78, 5) is 10.8. The lowest BCUT2D eigenvalue weighted by Gasteiger charge is -2.17. The number of hydrogen-bond acceptors (Lipinski definition) is 2. The van der Waals surface area contributed by atoms with Crippen LogP contribution in [0.2, 0.25) is 5.02 Å². The second-order valence-electron chi connectivity index (χ2n) is 7.30. The van der Waals surface area contributed by atoms with Crippen molar-refractivity contribution in [3.05, 3.63) is 106 Å². The molecule has 0 spiro atoms. The number of aliphatic carboxylic acids is 1. The van der Waals surface area contributed by atoms with Gasteiger partial charge in [0.1, 0.15) is 5.82 Å². The van der Waals surface area contributed by atoms with Gasteiger partial charge in [0.15, 0.2) is 0 Å². The van der Waals surface area contributed by atoms with Gasteiger partial charge in [-0.25, -0.2) is 9.18 Å². The van der Waals surface area contributed by atoms with Gasteiger partial charge in [0.25, 0.3) is 0 Å². The highest BCUT2D eigenvalue weighted by atomic mass is 35.5. The number of hydrogen-bond donors (Lipinski definition) is 2. The minimum Gasteiger partial charge on any atom is -0.478 e. The predicted molar refractivity (Wildman–Crippen MR) is 127 cm³/mol. The van der Waals surface area contributed by atoms with E-state index in [-0.39, 0.29) is 5.82 Å². The molecule has 0 bridgehead atoms. The van der Waals surface area contributed by atoms with Crippen molar-refractivity contribution in [1.29, 1.82) is 0 Å². The summed E-state index contributed by atoms with van der Waals surface area (Å²) in [6.45, 7) is 2.04. The van der Waals surface area contributed by atoms with Gasteiger partial charge in [0.05, 0.1) is 16.7 Å². The number of nitrogens with one attached hydrogen (secondary N) is 1. The van der Waals surface area contributed by atoms with E-state index < -0.39 is 5.97 Å². The number of halogens is 2. The van der Waals surface area contributed by atoms with E-state index in [1.54, 1.807) is 18.3 Å². The largest absolute Gasteiger partial charge is 0.478 e. The number of allylic oxidation sites excluding steroid dienone is 1. The summed E-state index contributed by atoms with van der Waals surface area (Å²) < 4.78 is 13.7. The van der Waals surface area contributed by atoms with Gasteiger partial charge in [0.2, 0.25) is 0 Å². The predicted octanol–water partition coefficient (Wildman–Crippen LogP) is 6.82. The van der Waals surface area contributed by atoms with Crippen molar-refractivity contribution in [1.82, 2.24) is 10.2 Å². The number of fused-ring (bicyclic) bond motifs is 1. The molecular weight excluding hydrogens is 427 g/mol. The standard InChI is InChI=1S/C26H20ClFN2O2/c1-2-21(22-10-9-20(28)14-23(22)27)26(18-8-11-24-19(13-18)15-29-30-24)17-6-3-16(4-7-17)5-12-25(31)32/h3-15H,2H2,1H3,(H,29,30)(H,31,32). The normalized spacial score (nSPS) is 12.3. The molecule has 0 saturated heterocycles. The van der Waals surface area contributed by atoms with Gasteiger partial charge >= 0.3 is 5.97 Å². The van der Waals surface area contributed by atoms with Crippen LogP contribution < -0.4 is 0 Å². The minimum atomic E-state index is -0.998. The molecule has 0 saturated carbocycles. The van der Waals surface area contributed by atoms with Crippen LogP contribution in [0.4, 0.5) is 4.39 Å². The van der Waals surface area contributed by atoms with E-state index in [1.807, 2.05) is 43.3 Å². The zero-order valence-electron chi connectivity index (χ0n) is 17.3. The van der Waals surface area contributed by atoms with E-state index >= 15 is 0 Å². The Labute approximate surface area is 189 Å². The van der Waals surface area contributed by atoms with E-state index in [2.05, 4.69) is 16.3 Å². The maximum absolute atomic E-state index is 13.7. The molecule has 4 aromatic rings. The van der Waals surface area contributed by atoms with Gasteiger partial charge in [-0.1, -0.05) is 54.9 Å². The molecule has 4 rings (SSSR count). The molecule has 0 atom stereocenters. The summed E-state index contributed by atoms with van der Waals surface area (Å²) in [5.41, 5.74) is 6.35. The molecule has 1 aromatic heterocycles. The SMILES string of the molecule is CCC(=C(c1ccc(C=CC(=O)O)cc1)c1ccc2[nH]ncc2c1)c1ccc(F)cc1Cl. The number of aromatic amines is 1. The molecule has 0 unspecified atom stereocenters. The maximum Gasteiger partial charge on any atom is 0.328 e. The first-order valence-corrected chi connectivity index (χ1v) is 10.5. The highest BCUT2D eigenvalue weighted by Crippen LogP contribution is 2.38. The van der Waals surface area contributed by atoms with E-state index in [0.717, 1.165) is 50.4 Å². The Kier molecular flexibility index (Phi) is 6.19. The third-order valence-corrected chi connectivity index (χ3v) is 5.57. The summed E-state index contributed by atoms with van der Waals surface area (Å²) in [6.07, 6.45) is 5.09. The Bertz CT molecular complexity index is 1350. The van der Waals surface area contributed by atoms with Crippen LogP contribution in [0.25, 0.3) is 28.1 Å². The van der Waals surface area contributed by atoms with Crippen molar-refractivity contribution >= 4 is 45.7 Å². The van der Waals surface area contributed by atoms with Crippen molar-refractivity contribution < 1.29 is 14.3 Å². The van der Waals surface area contributed by atoms with E-state index in [9.17, 15) is 9.18 Å². The molecule has 160 valence electrons. The number of aromatic nitrogens is 2. The molecule has 0 aliphatic heterocycles. The number of carbonyl (C=O) groups is 1. The monoisotopic (exact) mass is 446 g/mol. The Morgan fingerprint density at radius 2 is 1.84 bits per heavy atom. The zero-order chi connectivity index (χ0) is 22.7. The molecule has 0 radical (unpaired) electrons. The molecule has 6 heteroatoms. The fourth-order valence-corrected chi connectivity index (χ4v) is 4.06. The number of carboxylic acids is 1. The van der Waals surface area contributed by atoms with Gasteiger partial charge < -0.3 is 5.11 Å². The molecule has 3 aromatic carbocycles. The zero-order valence-corrected chi connectivity index (χ0v) is 18.0. The first-order valence-electron chi connectivity index (χ1n) is 10.1. The number of H-pyrrole nitrogens is 1. The van der Waals surface area contributed by atoms with Crippen LogP contribution >= 0.6 is 11.6 Å². The van der Waals surface area contributed by atoms with Crippen LogP contribution in [0.1, 0.15) is 35.6 Å². The highest BCUT2D eigenvalue weighted by molar-refractivity contribution is 6.32. The van der Waals surface area contributed by atoms with Gasteiger partial charge in [-0.2, -0.15) is 5.10 Å². The number of benzene rings is 3. The second-order valence-corrected chi connectivity index (χ2v) is 7.70. The lowest BCUT2D eigenvalue weighted by molar-refractivity contribution is -0.131. The lowest BCUT2D eigenvalue weighted by Crippen LogP contribution is -1.96. The fraction of sp³-hybridized carbons (Fsp3) is 0.0769. The van der Waals surface area contributed by atoms with Gasteiger partial charge in [-0.3, -0.25) is 5.10 Å². The summed E-state index contributed by atoms with van der Waals surface area (Å²) in [6, 6.07) is 18.1. The minimum absolute atomic E-state index is 0.352. The molecule has 0 amide bonds. The van der Waals surface area contributed by atoms with Crippen molar-refractivity contribution in [2.45, 2.75) is 13.3 Å². The van der Waals surface area contributed by atoms with Crippen molar-refractivity contribution in [2.24, 2.45) is 0 Å². The fourth-order valence-electron chi connectivity index (χ4n) is 3.78. The molecule has 1 heterocycles. The topological polar surface area (TPSA) is 66.0 Å². The molecule has 0 aliphatic rings. The number of carboxylic acid groups (broad SMARTS) is 1. The van der Waals surface area contributed by atoms with Crippen LogP contribution in [0.3, 0.4) is 0 Å². The smallest absolute Gasteiger partial charge is 0.328 e. The first kappa shape index (κ1) is 21.5. The summed E-state index contributed by atoms with van der Waals surface area (Å²) in [5, 5.41) is 17.3. The summed E-state index contributed by atoms with van der Waals surface area (Å²) in [7, 11) is 0. The van der Waals surface area contributed by atoms with Crippen LogP contribution in [-0.4, -0.2) is 21.3 Å². The highest BCUT2D eigenvalue weighted by Gasteiger charge is 2.16. The quantitative estimate of drug-likeness (QED) is 0.252. The van der Waals surface area contributed by atoms with E-state index in [1.165, 1.54) is 12.1 Å². The number of nitrogens with zero attached hydrogens (tertiary/aromatic N) is 1. The van der Waals surface area contributed by atoms with Crippen molar-refractivity contribution in [3.8, 4) is 0 Å². The van der Waals surface area contributed by atoms with Gasteiger partial charge in [-0.15, -0.1) is 0 Å². The first-order chi connectivity index (χ1) is 15.5. The van der Waals surface area contributed by atoms with Crippen molar-refractivity contribution in [3.63, 3.8) is 0 Å². The Hall–Kier alpha value is -3.70. The second kappa shape index (κ2) is 9.20. The molecule has 0 aliphatic carbocycles. The Morgan fingerprint density at radius 1 is 1.09 bits per heavy atom. The van der Waals surface area contributed by atoms with Gasteiger partial charge in [-0.05, 0) is 70.2 Å². The van der Waals surface area contributed by atoms with Gasteiger partial charge in [0, 0.05) is 11.5 Å². The Morgan fingerprint density at radius 3 is 2.53 bits per heavy atom. The molecule has 0 fully saturated rings. The van der Waals surface area contributed by atoms with Crippen LogP contribution in [0, 0.1) is 5.82 Å². The summed E-state index contributed by atoms with van der Waals surface area (Å²) >= 11 is 6.44. The summed E-state index contributed by atoms with van der Waals surface area (Å²) in [5.74, 6) is -1.38. The number of rotatable bonds is 6. The average Bonchev–Trinajstić information content (AvgIpc) is 3.25. The molecule has 4 nitrogen and oxygen atoms in total. The lowest BCUT2D eigenvalue weighted by atomic mass is 9.87. The van der Waals surface area contributed by atoms with Crippen molar-refractivity contribution in [2.75, 3.05) is 0 Å². The maximum atomic E-state index is 13.7. The van der Waals surface area contributed by atoms with Crippen LogP contribution in [0.5, 0.6) is 0 Å².